The van der Waals surface area contributed by atoms with Crippen LogP contribution < -0.4 is 9.46 Å². The maximum absolute atomic E-state index is 13.0. The number of furan rings is 1. The van der Waals surface area contributed by atoms with Crippen LogP contribution in [0.1, 0.15) is 23.9 Å². The predicted molar refractivity (Wildman–Crippen MR) is 114 cm³/mol. The van der Waals surface area contributed by atoms with Crippen LogP contribution in [-0.2, 0) is 16.4 Å². The Balaban J connectivity index is 1.56. The quantitative estimate of drug-likeness (QED) is 0.433. The lowest BCUT2D eigenvalue weighted by Gasteiger charge is -2.13. The molecule has 0 atom stereocenters. The minimum Gasteiger partial charge on any atom is -0.494 e. The summed E-state index contributed by atoms with van der Waals surface area (Å²) in [5.74, 6) is 1.83. The average molecular weight is 439 g/mol. The molecule has 160 valence electrons. The zero-order chi connectivity index (χ0) is 21.8. The van der Waals surface area contributed by atoms with Gasteiger partial charge in [-0.25, -0.2) is 8.42 Å². The van der Waals surface area contributed by atoms with Crippen LogP contribution in [0.15, 0.2) is 74.7 Å². The molecule has 0 unspecified atom stereocenters. The number of anilines is 1. The number of hydrogen-bond donors (Lipinski definition) is 1. The van der Waals surface area contributed by atoms with Gasteiger partial charge in [-0.2, -0.15) is 4.98 Å². The van der Waals surface area contributed by atoms with Gasteiger partial charge < -0.3 is 13.7 Å². The summed E-state index contributed by atoms with van der Waals surface area (Å²) in [5, 5.41) is 3.91. The fraction of sp³-hybridized carbons (Fsp3) is 0.182. The monoisotopic (exact) mass is 439 g/mol. The van der Waals surface area contributed by atoms with Gasteiger partial charge in [0.25, 0.3) is 10.0 Å². The number of benzene rings is 2. The molecular weight excluding hydrogens is 418 g/mol. The van der Waals surface area contributed by atoms with E-state index in [1.165, 1.54) is 12.3 Å². The van der Waals surface area contributed by atoms with Crippen LogP contribution >= 0.6 is 0 Å². The molecule has 0 spiro atoms. The van der Waals surface area contributed by atoms with Crippen LogP contribution in [0.5, 0.6) is 5.75 Å². The fourth-order valence-electron chi connectivity index (χ4n) is 3.08. The van der Waals surface area contributed by atoms with Gasteiger partial charge in [0, 0.05) is 0 Å². The Bertz CT molecular complexity index is 1280. The average Bonchev–Trinajstić information content (AvgIpc) is 3.43. The van der Waals surface area contributed by atoms with Gasteiger partial charge in [0.1, 0.15) is 5.75 Å². The minimum absolute atomic E-state index is 0.154. The number of nitrogens with zero attached hydrogens (tertiary/aromatic N) is 2. The molecule has 0 aliphatic rings. The third-order valence-electron chi connectivity index (χ3n) is 4.57. The van der Waals surface area contributed by atoms with E-state index in [0.29, 0.717) is 41.1 Å². The van der Waals surface area contributed by atoms with E-state index in [1.807, 2.05) is 19.9 Å². The van der Waals surface area contributed by atoms with Crippen molar-refractivity contribution >= 4 is 15.7 Å². The second-order valence-electron chi connectivity index (χ2n) is 6.79. The Kier molecular flexibility index (Phi) is 5.77. The number of hydrogen-bond acceptors (Lipinski definition) is 7. The van der Waals surface area contributed by atoms with Crippen LogP contribution in [0.3, 0.4) is 0 Å². The van der Waals surface area contributed by atoms with E-state index in [4.69, 9.17) is 13.7 Å². The zero-order valence-electron chi connectivity index (χ0n) is 17.0. The predicted octanol–water partition coefficient (Wildman–Crippen LogP) is 4.43. The normalized spacial score (nSPS) is 11.4. The van der Waals surface area contributed by atoms with Crippen molar-refractivity contribution in [2.24, 2.45) is 0 Å². The zero-order valence-corrected chi connectivity index (χ0v) is 17.8. The first-order valence-corrected chi connectivity index (χ1v) is 11.1. The summed E-state index contributed by atoms with van der Waals surface area (Å²) in [6.45, 7) is 4.20. The van der Waals surface area contributed by atoms with Crippen molar-refractivity contribution < 1.29 is 22.1 Å². The molecule has 0 saturated heterocycles. The Morgan fingerprint density at radius 3 is 2.68 bits per heavy atom. The number of ether oxygens (including phenoxy) is 1. The van der Waals surface area contributed by atoms with Crippen molar-refractivity contribution in [1.82, 2.24) is 10.1 Å². The van der Waals surface area contributed by atoms with Gasteiger partial charge in [-0.15, -0.1) is 0 Å². The lowest BCUT2D eigenvalue weighted by molar-refractivity contribution is 0.337. The standard InChI is InChI=1S/C22H21N3O5S/c1-3-28-19-11-10-17(13-15(19)2)31(26,27)25-18-8-5-4-7-16(18)14-21-23-22(24-30-21)20-9-6-12-29-20/h4-13,25H,3,14H2,1-2H3. The molecule has 1 N–H and O–H groups in total. The molecule has 31 heavy (non-hydrogen) atoms. The Labute approximate surface area is 179 Å². The molecule has 4 rings (SSSR count). The summed E-state index contributed by atoms with van der Waals surface area (Å²) in [4.78, 5) is 4.47. The van der Waals surface area contributed by atoms with Gasteiger partial charge >= 0.3 is 0 Å². The van der Waals surface area contributed by atoms with Gasteiger partial charge in [0.15, 0.2) is 5.76 Å². The van der Waals surface area contributed by atoms with Gasteiger partial charge in [-0.1, -0.05) is 23.4 Å². The van der Waals surface area contributed by atoms with Crippen LogP contribution in [0.4, 0.5) is 5.69 Å². The molecule has 0 radical (unpaired) electrons. The van der Waals surface area contributed by atoms with Gasteiger partial charge in [-0.05, 0) is 61.4 Å². The molecule has 0 aliphatic heterocycles. The van der Waals surface area contributed by atoms with Crippen LogP contribution in [0.2, 0.25) is 0 Å². The third-order valence-corrected chi connectivity index (χ3v) is 5.93. The molecule has 9 heteroatoms. The van der Waals surface area contributed by atoms with E-state index in [0.717, 1.165) is 5.56 Å². The van der Waals surface area contributed by atoms with E-state index in [-0.39, 0.29) is 11.3 Å². The molecule has 0 saturated carbocycles. The van der Waals surface area contributed by atoms with Crippen LogP contribution in [0, 0.1) is 6.92 Å². The molecular formula is C22H21N3O5S. The highest BCUT2D eigenvalue weighted by atomic mass is 32.2. The molecule has 0 fully saturated rings. The van der Waals surface area contributed by atoms with E-state index < -0.39 is 10.0 Å². The summed E-state index contributed by atoms with van der Waals surface area (Å²) in [7, 11) is -3.80. The molecule has 4 aromatic rings. The summed E-state index contributed by atoms with van der Waals surface area (Å²) in [6.07, 6.45) is 1.78. The second kappa shape index (κ2) is 8.65. The third kappa shape index (κ3) is 4.61. The number of rotatable bonds is 8. The number of aromatic nitrogens is 2. The number of aryl methyl sites for hydroxylation is 1. The topological polar surface area (TPSA) is 107 Å². The molecule has 0 aliphatic carbocycles. The maximum atomic E-state index is 13.0. The number of para-hydroxylation sites is 1. The summed E-state index contributed by atoms with van der Waals surface area (Å²) in [5.41, 5.74) is 1.88. The fourth-order valence-corrected chi connectivity index (χ4v) is 4.27. The Morgan fingerprint density at radius 2 is 1.94 bits per heavy atom. The van der Waals surface area contributed by atoms with Gasteiger partial charge in [0.2, 0.25) is 11.7 Å². The van der Waals surface area contributed by atoms with Crippen molar-refractivity contribution in [3.63, 3.8) is 0 Å². The lowest BCUT2D eigenvalue weighted by atomic mass is 10.1. The molecule has 2 aromatic carbocycles. The SMILES string of the molecule is CCOc1ccc(S(=O)(=O)Nc2ccccc2Cc2nc(-c3ccco3)no2)cc1C. The number of nitrogens with one attached hydrogen (secondary N) is 1. The Hall–Kier alpha value is -3.59. The minimum atomic E-state index is -3.80. The van der Waals surface area contributed by atoms with Crippen molar-refractivity contribution in [2.45, 2.75) is 25.2 Å². The van der Waals surface area contributed by atoms with Gasteiger partial charge in [0.05, 0.1) is 29.9 Å². The first-order valence-electron chi connectivity index (χ1n) is 9.67. The van der Waals surface area contributed by atoms with Crippen LogP contribution in [-0.4, -0.2) is 25.2 Å². The maximum Gasteiger partial charge on any atom is 0.261 e. The molecule has 0 amide bonds. The molecule has 8 nitrogen and oxygen atoms in total. The van der Waals surface area contributed by atoms with E-state index in [1.54, 1.807) is 42.5 Å². The smallest absolute Gasteiger partial charge is 0.261 e. The first kappa shape index (κ1) is 20.7. The van der Waals surface area contributed by atoms with Gasteiger partial charge in [-0.3, -0.25) is 4.72 Å². The molecule has 2 heterocycles. The van der Waals surface area contributed by atoms with E-state index >= 15 is 0 Å². The highest BCUT2D eigenvalue weighted by Crippen LogP contribution is 2.26. The van der Waals surface area contributed by atoms with E-state index in [9.17, 15) is 8.42 Å². The Morgan fingerprint density at radius 1 is 1.10 bits per heavy atom. The van der Waals surface area contributed by atoms with Crippen molar-refractivity contribution in [2.75, 3.05) is 11.3 Å². The van der Waals surface area contributed by atoms with Crippen molar-refractivity contribution in [1.29, 1.82) is 0 Å². The van der Waals surface area contributed by atoms with Crippen molar-refractivity contribution in [3.8, 4) is 17.3 Å². The molecule has 2 aromatic heterocycles. The first-order chi connectivity index (χ1) is 15.0. The highest BCUT2D eigenvalue weighted by molar-refractivity contribution is 7.92. The second-order valence-corrected chi connectivity index (χ2v) is 8.47. The number of sulfonamides is 1. The highest BCUT2D eigenvalue weighted by Gasteiger charge is 2.19. The lowest BCUT2D eigenvalue weighted by Crippen LogP contribution is -2.14. The van der Waals surface area contributed by atoms with Crippen LogP contribution in [0.25, 0.3) is 11.6 Å². The van der Waals surface area contributed by atoms with E-state index in [2.05, 4.69) is 14.9 Å². The van der Waals surface area contributed by atoms with Crippen molar-refractivity contribution in [3.05, 3.63) is 77.9 Å². The summed E-state index contributed by atoms with van der Waals surface area (Å²) >= 11 is 0. The summed E-state index contributed by atoms with van der Waals surface area (Å²) in [6, 6.07) is 15.3. The molecule has 0 bridgehead atoms. The largest absolute Gasteiger partial charge is 0.494 e. The summed E-state index contributed by atoms with van der Waals surface area (Å²) < 4.78 is 44.7.